The fourth-order valence-electron chi connectivity index (χ4n) is 4.15. The number of rotatable bonds is 3. The predicted octanol–water partition coefficient (Wildman–Crippen LogP) is 3.87. The Balaban J connectivity index is 1.74. The average Bonchev–Trinajstić information content (AvgIpc) is 2.92. The van der Waals surface area contributed by atoms with Crippen molar-refractivity contribution in [3.8, 4) is 22.6 Å². The Morgan fingerprint density at radius 3 is 2.74 bits per heavy atom. The molecule has 0 aromatic heterocycles. The molecule has 1 atom stereocenters. The van der Waals surface area contributed by atoms with Gasteiger partial charge >= 0.3 is 0 Å². The molecule has 2 heterocycles. The van der Waals surface area contributed by atoms with E-state index in [1.807, 2.05) is 4.90 Å². The molecule has 1 saturated heterocycles. The summed E-state index contributed by atoms with van der Waals surface area (Å²) in [5.41, 5.74) is -1.79. The van der Waals surface area contributed by atoms with E-state index in [0.717, 1.165) is 18.2 Å². The molecule has 2 aromatic carbocycles. The first kappa shape index (κ1) is 21.2. The fraction of sp³-hybridized carbons (Fsp3) is 0.318. The maximum atomic E-state index is 15.4. The summed E-state index contributed by atoms with van der Waals surface area (Å²) in [5, 5.41) is 10.1. The van der Waals surface area contributed by atoms with Gasteiger partial charge in [0.15, 0.2) is 11.6 Å². The highest BCUT2D eigenvalue weighted by Crippen LogP contribution is 2.44. The van der Waals surface area contributed by atoms with E-state index in [1.165, 1.54) is 12.1 Å². The molecule has 0 spiro atoms. The summed E-state index contributed by atoms with van der Waals surface area (Å²) in [6, 6.07) is 4.09. The van der Waals surface area contributed by atoms with Crippen molar-refractivity contribution in [1.29, 1.82) is 0 Å². The topological polar surface area (TPSA) is 53.0 Å². The largest absolute Gasteiger partial charge is 0.507 e. The number of fused-ring (bicyclic) bond motifs is 2. The second-order valence-electron chi connectivity index (χ2n) is 7.50. The van der Waals surface area contributed by atoms with Crippen LogP contribution in [-0.4, -0.2) is 53.1 Å². The summed E-state index contributed by atoms with van der Waals surface area (Å²) >= 11 is 0. The number of piperazine rings is 1. The lowest BCUT2D eigenvalue weighted by Crippen LogP contribution is -2.55. The highest BCUT2D eigenvalue weighted by Gasteiger charge is 2.35. The van der Waals surface area contributed by atoms with Crippen molar-refractivity contribution in [2.45, 2.75) is 19.0 Å². The maximum Gasteiger partial charge on any atom is 0.264 e. The molecular formula is C22H20F4N2O3. The molecule has 164 valence electrons. The maximum absolute atomic E-state index is 15.4. The van der Waals surface area contributed by atoms with Crippen LogP contribution in [0.1, 0.15) is 17.6 Å². The smallest absolute Gasteiger partial charge is 0.264 e. The van der Waals surface area contributed by atoms with E-state index in [0.29, 0.717) is 19.6 Å². The molecule has 0 saturated carbocycles. The number of ether oxygens (including phenoxy) is 1. The number of halogens is 4. The minimum Gasteiger partial charge on any atom is -0.507 e. The SMILES string of the molecule is C=CC(=O)N1CCN2Cc3cc(F)c(-c4c(O)cccc4C(F)F)c(F)c3OC[C@H]2C1. The van der Waals surface area contributed by atoms with Gasteiger partial charge in [-0.15, -0.1) is 0 Å². The lowest BCUT2D eigenvalue weighted by atomic mass is 9.95. The Morgan fingerprint density at radius 1 is 1.26 bits per heavy atom. The van der Waals surface area contributed by atoms with Crippen molar-refractivity contribution in [3.63, 3.8) is 0 Å². The van der Waals surface area contributed by atoms with Crippen LogP contribution in [-0.2, 0) is 11.3 Å². The van der Waals surface area contributed by atoms with Gasteiger partial charge in [-0.3, -0.25) is 9.69 Å². The number of phenolic OH excluding ortho intramolecular Hbond substituents is 1. The van der Waals surface area contributed by atoms with E-state index in [4.69, 9.17) is 4.74 Å². The number of benzene rings is 2. The molecule has 2 aliphatic heterocycles. The first-order valence-corrected chi connectivity index (χ1v) is 9.71. The third-order valence-electron chi connectivity index (χ3n) is 5.69. The van der Waals surface area contributed by atoms with Crippen LogP contribution >= 0.6 is 0 Å². The minimum atomic E-state index is -3.04. The Labute approximate surface area is 176 Å². The van der Waals surface area contributed by atoms with Crippen LogP contribution < -0.4 is 4.74 Å². The quantitative estimate of drug-likeness (QED) is 0.587. The van der Waals surface area contributed by atoms with Crippen LogP contribution in [0.15, 0.2) is 36.9 Å². The molecule has 1 N–H and O–H groups in total. The molecule has 2 aliphatic rings. The van der Waals surface area contributed by atoms with Crippen molar-refractivity contribution in [2.24, 2.45) is 0 Å². The van der Waals surface area contributed by atoms with Gasteiger partial charge in [-0.25, -0.2) is 17.6 Å². The third kappa shape index (κ3) is 3.74. The monoisotopic (exact) mass is 436 g/mol. The van der Waals surface area contributed by atoms with Crippen molar-refractivity contribution in [3.05, 3.63) is 59.7 Å². The van der Waals surface area contributed by atoms with E-state index in [1.54, 1.807) is 4.90 Å². The summed E-state index contributed by atoms with van der Waals surface area (Å²) in [6.07, 6.45) is -1.82. The number of nitrogens with zero attached hydrogens (tertiary/aromatic N) is 2. The third-order valence-corrected chi connectivity index (χ3v) is 5.69. The van der Waals surface area contributed by atoms with Crippen LogP contribution in [0, 0.1) is 11.6 Å². The summed E-state index contributed by atoms with van der Waals surface area (Å²) in [5.74, 6) is -3.32. The standard InChI is InChI=1S/C22H20F4N2O3/c1-2-17(30)28-7-6-27-9-12-8-15(23)19(20(24)21(12)31-11-13(27)10-28)18-14(22(25)26)4-3-5-16(18)29/h2-5,8,13,22,29H,1,6-7,9-11H2/t13-/m1/s1. The lowest BCUT2D eigenvalue weighted by Gasteiger charge is -2.39. The van der Waals surface area contributed by atoms with E-state index >= 15 is 4.39 Å². The minimum absolute atomic E-state index is 0.0262. The van der Waals surface area contributed by atoms with Gasteiger partial charge in [0, 0.05) is 42.9 Å². The van der Waals surface area contributed by atoms with Crippen molar-refractivity contribution in [1.82, 2.24) is 9.80 Å². The van der Waals surface area contributed by atoms with Crippen LogP contribution in [0.25, 0.3) is 11.1 Å². The summed E-state index contributed by atoms with van der Waals surface area (Å²) in [4.78, 5) is 15.5. The van der Waals surface area contributed by atoms with Crippen molar-refractivity contribution >= 4 is 5.91 Å². The van der Waals surface area contributed by atoms with Gasteiger partial charge < -0.3 is 14.7 Å². The molecule has 0 radical (unpaired) electrons. The number of carbonyl (C=O) groups is 1. The number of carbonyl (C=O) groups excluding carboxylic acids is 1. The highest BCUT2D eigenvalue weighted by molar-refractivity contribution is 5.87. The molecule has 1 amide bonds. The van der Waals surface area contributed by atoms with Gasteiger partial charge in [-0.05, 0) is 18.2 Å². The zero-order valence-electron chi connectivity index (χ0n) is 16.5. The number of hydrogen-bond donors (Lipinski definition) is 1. The molecule has 2 aromatic rings. The van der Waals surface area contributed by atoms with Gasteiger partial charge in [0.1, 0.15) is 18.2 Å². The van der Waals surface area contributed by atoms with Gasteiger partial charge in [0.05, 0.1) is 11.6 Å². The average molecular weight is 436 g/mol. The molecule has 31 heavy (non-hydrogen) atoms. The Hall–Kier alpha value is -3.07. The Morgan fingerprint density at radius 2 is 2.03 bits per heavy atom. The number of phenols is 1. The highest BCUT2D eigenvalue weighted by atomic mass is 19.3. The van der Waals surface area contributed by atoms with E-state index < -0.39 is 40.5 Å². The van der Waals surface area contributed by atoms with E-state index in [2.05, 4.69) is 6.58 Å². The number of aromatic hydroxyl groups is 1. The Bertz CT molecular complexity index is 1040. The summed E-state index contributed by atoms with van der Waals surface area (Å²) in [6.45, 7) is 4.93. The van der Waals surface area contributed by atoms with Gasteiger partial charge in [0.2, 0.25) is 5.91 Å². The molecular weight excluding hydrogens is 416 g/mol. The second kappa shape index (κ2) is 8.22. The van der Waals surface area contributed by atoms with E-state index in [9.17, 15) is 23.1 Å². The molecule has 0 aliphatic carbocycles. The predicted molar refractivity (Wildman–Crippen MR) is 105 cm³/mol. The molecule has 4 rings (SSSR count). The lowest BCUT2D eigenvalue weighted by molar-refractivity contribution is -0.129. The molecule has 0 unspecified atom stereocenters. The Kier molecular flexibility index (Phi) is 5.62. The van der Waals surface area contributed by atoms with E-state index in [-0.39, 0.29) is 36.4 Å². The second-order valence-corrected chi connectivity index (χ2v) is 7.50. The van der Waals surface area contributed by atoms with Gasteiger partial charge in [-0.2, -0.15) is 0 Å². The van der Waals surface area contributed by atoms with Crippen molar-refractivity contribution in [2.75, 3.05) is 26.2 Å². The van der Waals surface area contributed by atoms with Crippen LogP contribution in [0.2, 0.25) is 0 Å². The zero-order valence-corrected chi connectivity index (χ0v) is 16.5. The zero-order chi connectivity index (χ0) is 22.3. The summed E-state index contributed by atoms with van der Waals surface area (Å²) < 4.78 is 63.0. The first-order valence-electron chi connectivity index (χ1n) is 9.71. The number of alkyl halides is 2. The fourth-order valence-corrected chi connectivity index (χ4v) is 4.15. The van der Waals surface area contributed by atoms with Crippen LogP contribution in [0.5, 0.6) is 11.5 Å². The molecule has 5 nitrogen and oxygen atoms in total. The number of hydrogen-bond acceptors (Lipinski definition) is 4. The van der Waals surface area contributed by atoms with Crippen LogP contribution in [0.4, 0.5) is 17.6 Å². The molecule has 9 heteroatoms. The van der Waals surface area contributed by atoms with Crippen LogP contribution in [0.3, 0.4) is 0 Å². The van der Waals surface area contributed by atoms with Gasteiger partial charge in [0.25, 0.3) is 6.43 Å². The summed E-state index contributed by atoms with van der Waals surface area (Å²) in [7, 11) is 0. The molecule has 0 bridgehead atoms. The first-order chi connectivity index (χ1) is 14.8. The normalized spacial score (nSPS) is 18.7. The molecule has 1 fully saturated rings. The van der Waals surface area contributed by atoms with Gasteiger partial charge in [-0.1, -0.05) is 18.7 Å². The van der Waals surface area contributed by atoms with Crippen molar-refractivity contribution < 1.29 is 32.2 Å². The number of amides is 1.